The number of carbonyl (C=O) groups excluding carboxylic acids is 1. The first kappa shape index (κ1) is 20.3. The molecule has 0 aliphatic rings. The molecule has 7 heteroatoms. The summed E-state index contributed by atoms with van der Waals surface area (Å²) in [5.74, 6) is -0.300. The van der Waals surface area contributed by atoms with Crippen LogP contribution in [0.4, 0.5) is 18.9 Å². The van der Waals surface area contributed by atoms with E-state index in [1.807, 2.05) is 37.3 Å². The molecule has 2 aromatic rings. The summed E-state index contributed by atoms with van der Waals surface area (Å²) in [6, 6.07) is 14.2. The van der Waals surface area contributed by atoms with Crippen LogP contribution < -0.4 is 10.2 Å². The third kappa shape index (κ3) is 5.23. The number of benzene rings is 2. The van der Waals surface area contributed by atoms with E-state index in [9.17, 15) is 18.0 Å². The van der Waals surface area contributed by atoms with Crippen molar-refractivity contribution in [2.75, 3.05) is 18.0 Å². The molecule has 0 aromatic heterocycles. The number of hydrogen-bond acceptors (Lipinski definition) is 3. The number of nitriles is 1. The van der Waals surface area contributed by atoms with E-state index in [1.54, 1.807) is 13.0 Å². The molecule has 2 aromatic carbocycles. The van der Waals surface area contributed by atoms with Crippen molar-refractivity contribution in [1.29, 1.82) is 5.26 Å². The second kappa shape index (κ2) is 8.58. The summed E-state index contributed by atoms with van der Waals surface area (Å²) in [5, 5.41) is 11.7. The number of likely N-dealkylation sites (N-methyl/N-ethyl adjacent to an activating group) is 1. The number of rotatable bonds is 6. The maximum atomic E-state index is 13.2. The quantitative estimate of drug-likeness (QED) is 0.820. The predicted octanol–water partition coefficient (Wildman–Crippen LogP) is 4.28. The molecule has 0 fully saturated rings. The summed E-state index contributed by atoms with van der Waals surface area (Å²) < 4.78 is 39.5. The highest BCUT2D eigenvalue weighted by atomic mass is 19.4. The smallest absolute Gasteiger partial charge is 0.362 e. The van der Waals surface area contributed by atoms with Gasteiger partial charge in [0.15, 0.2) is 0 Å². The molecule has 0 bridgehead atoms. The van der Waals surface area contributed by atoms with E-state index in [1.165, 1.54) is 11.0 Å². The molecule has 142 valence electrons. The maximum Gasteiger partial charge on any atom is 0.417 e. The van der Waals surface area contributed by atoms with Gasteiger partial charge in [-0.3, -0.25) is 4.79 Å². The largest absolute Gasteiger partial charge is 0.417 e. The minimum absolute atomic E-state index is 0.0864. The van der Waals surface area contributed by atoms with Gasteiger partial charge in [-0.2, -0.15) is 18.4 Å². The van der Waals surface area contributed by atoms with Crippen LogP contribution in [0.1, 0.15) is 36.6 Å². The van der Waals surface area contributed by atoms with Crippen LogP contribution >= 0.6 is 0 Å². The average Bonchev–Trinajstić information content (AvgIpc) is 2.65. The van der Waals surface area contributed by atoms with Gasteiger partial charge in [0.1, 0.15) is 0 Å². The van der Waals surface area contributed by atoms with Crippen molar-refractivity contribution in [3.8, 4) is 6.07 Å². The Hall–Kier alpha value is -3.01. The lowest BCUT2D eigenvalue weighted by molar-refractivity contribution is -0.137. The highest BCUT2D eigenvalue weighted by molar-refractivity contribution is 5.81. The number of halogens is 3. The van der Waals surface area contributed by atoms with Gasteiger partial charge in [-0.15, -0.1) is 0 Å². The monoisotopic (exact) mass is 375 g/mol. The van der Waals surface area contributed by atoms with Crippen molar-refractivity contribution in [2.24, 2.45) is 0 Å². The summed E-state index contributed by atoms with van der Waals surface area (Å²) in [7, 11) is 0. The number of nitrogens with zero attached hydrogens (tertiary/aromatic N) is 2. The van der Waals surface area contributed by atoms with Crippen molar-refractivity contribution in [1.82, 2.24) is 5.32 Å². The predicted molar refractivity (Wildman–Crippen MR) is 97.0 cm³/mol. The first-order valence-electron chi connectivity index (χ1n) is 8.46. The molecule has 0 saturated carbocycles. The lowest BCUT2D eigenvalue weighted by Gasteiger charge is -2.25. The second-order valence-corrected chi connectivity index (χ2v) is 6.05. The van der Waals surface area contributed by atoms with Crippen LogP contribution in [0.5, 0.6) is 0 Å². The summed E-state index contributed by atoms with van der Waals surface area (Å²) in [4.78, 5) is 13.9. The van der Waals surface area contributed by atoms with Crippen molar-refractivity contribution in [3.05, 3.63) is 65.2 Å². The van der Waals surface area contributed by atoms with Gasteiger partial charge < -0.3 is 10.2 Å². The van der Waals surface area contributed by atoms with Crippen LogP contribution in [0.25, 0.3) is 0 Å². The Morgan fingerprint density at radius 1 is 1.22 bits per heavy atom. The molecule has 4 nitrogen and oxygen atoms in total. The van der Waals surface area contributed by atoms with Gasteiger partial charge in [0, 0.05) is 12.2 Å². The van der Waals surface area contributed by atoms with Gasteiger partial charge >= 0.3 is 6.18 Å². The van der Waals surface area contributed by atoms with Crippen molar-refractivity contribution in [3.63, 3.8) is 0 Å². The van der Waals surface area contributed by atoms with Gasteiger partial charge in [0.2, 0.25) is 5.91 Å². The zero-order chi connectivity index (χ0) is 20.0. The number of alkyl halides is 3. The minimum atomic E-state index is -4.63. The van der Waals surface area contributed by atoms with E-state index in [0.717, 1.165) is 17.7 Å². The molecular formula is C20H20F3N3O. The molecule has 0 saturated heterocycles. The normalized spacial score (nSPS) is 12.1. The molecule has 0 heterocycles. The van der Waals surface area contributed by atoms with E-state index in [-0.39, 0.29) is 24.2 Å². The van der Waals surface area contributed by atoms with E-state index in [0.29, 0.717) is 6.54 Å². The van der Waals surface area contributed by atoms with E-state index in [4.69, 9.17) is 5.26 Å². The maximum absolute atomic E-state index is 13.2. The molecule has 1 amide bonds. The number of carbonyl (C=O) groups is 1. The Labute approximate surface area is 156 Å². The fraction of sp³-hybridized carbons (Fsp3) is 0.300. The molecule has 0 radical (unpaired) electrons. The second-order valence-electron chi connectivity index (χ2n) is 6.05. The molecule has 0 spiro atoms. The summed E-state index contributed by atoms with van der Waals surface area (Å²) in [6.45, 7) is 3.85. The first-order chi connectivity index (χ1) is 12.8. The fourth-order valence-electron chi connectivity index (χ4n) is 2.73. The zero-order valence-electron chi connectivity index (χ0n) is 15.0. The van der Waals surface area contributed by atoms with Gasteiger partial charge in [-0.05, 0) is 37.6 Å². The Morgan fingerprint density at radius 3 is 2.44 bits per heavy atom. The third-order valence-electron chi connectivity index (χ3n) is 4.19. The molecule has 1 atom stereocenters. The van der Waals surface area contributed by atoms with E-state index < -0.39 is 17.3 Å². The standard InChI is InChI=1S/C20H20F3N3O/c1-3-26(13-19(27)25-14(2)15-7-5-4-6-8-15)17-10-9-16(12-24)18(11-17)20(21,22)23/h4-11,14H,3,13H2,1-2H3,(H,25,27)/t14-/m0/s1. The lowest BCUT2D eigenvalue weighted by Crippen LogP contribution is -2.38. The van der Waals surface area contributed by atoms with Crippen molar-refractivity contribution in [2.45, 2.75) is 26.1 Å². The highest BCUT2D eigenvalue weighted by Crippen LogP contribution is 2.34. The van der Waals surface area contributed by atoms with E-state index in [2.05, 4.69) is 5.32 Å². The molecule has 0 aliphatic carbocycles. The van der Waals surface area contributed by atoms with Crippen molar-refractivity contribution < 1.29 is 18.0 Å². The Bertz CT molecular complexity index is 829. The van der Waals surface area contributed by atoms with E-state index >= 15 is 0 Å². The van der Waals surface area contributed by atoms with Crippen LogP contribution in [0, 0.1) is 11.3 Å². The molecule has 27 heavy (non-hydrogen) atoms. The molecular weight excluding hydrogens is 355 g/mol. The summed E-state index contributed by atoms with van der Waals surface area (Å²) in [5.41, 5.74) is -0.263. The lowest BCUT2D eigenvalue weighted by atomic mass is 10.1. The average molecular weight is 375 g/mol. The van der Waals surface area contributed by atoms with Crippen LogP contribution in [-0.4, -0.2) is 19.0 Å². The molecule has 0 unspecified atom stereocenters. The third-order valence-corrected chi connectivity index (χ3v) is 4.19. The van der Waals surface area contributed by atoms with Gasteiger partial charge in [-0.1, -0.05) is 30.3 Å². The Balaban J connectivity index is 2.15. The van der Waals surface area contributed by atoms with Gasteiger partial charge in [0.25, 0.3) is 0 Å². The van der Waals surface area contributed by atoms with Crippen LogP contribution in [0.15, 0.2) is 48.5 Å². The zero-order valence-corrected chi connectivity index (χ0v) is 15.0. The number of hydrogen-bond donors (Lipinski definition) is 1. The van der Waals surface area contributed by atoms with Crippen LogP contribution in [0.3, 0.4) is 0 Å². The van der Waals surface area contributed by atoms with Crippen LogP contribution in [-0.2, 0) is 11.0 Å². The molecule has 0 aliphatic heterocycles. The van der Waals surface area contributed by atoms with Gasteiger partial charge in [-0.25, -0.2) is 0 Å². The fourth-order valence-corrected chi connectivity index (χ4v) is 2.73. The van der Waals surface area contributed by atoms with Gasteiger partial charge in [0.05, 0.1) is 29.8 Å². The molecule has 2 rings (SSSR count). The number of amides is 1. The highest BCUT2D eigenvalue weighted by Gasteiger charge is 2.34. The Morgan fingerprint density at radius 2 is 1.89 bits per heavy atom. The SMILES string of the molecule is CCN(CC(=O)N[C@@H](C)c1ccccc1)c1ccc(C#N)c(C(F)(F)F)c1. The number of nitrogens with one attached hydrogen (secondary N) is 1. The van der Waals surface area contributed by atoms with Crippen molar-refractivity contribution >= 4 is 11.6 Å². The first-order valence-corrected chi connectivity index (χ1v) is 8.46. The molecule has 1 N–H and O–H groups in total. The Kier molecular flexibility index (Phi) is 6.45. The summed E-state index contributed by atoms with van der Waals surface area (Å²) >= 11 is 0. The van der Waals surface area contributed by atoms with Crippen LogP contribution in [0.2, 0.25) is 0 Å². The minimum Gasteiger partial charge on any atom is -0.362 e. The topological polar surface area (TPSA) is 56.1 Å². The summed E-state index contributed by atoms with van der Waals surface area (Å²) in [6.07, 6.45) is -4.63. The number of anilines is 1.